The molecule has 0 bridgehead atoms. The van der Waals surface area contributed by atoms with Gasteiger partial charge in [0.15, 0.2) is 0 Å². The molecular weight excluding hydrogens is 428 g/mol. The van der Waals surface area contributed by atoms with Gasteiger partial charge in [-0.3, -0.25) is 0 Å². The summed E-state index contributed by atoms with van der Waals surface area (Å²) in [6.07, 6.45) is 2.72. The largest absolute Gasteiger partial charge is 0.443 e. The van der Waals surface area contributed by atoms with E-state index in [1.807, 2.05) is 114 Å². The van der Waals surface area contributed by atoms with Crippen molar-refractivity contribution in [3.63, 3.8) is 0 Å². The Balaban J connectivity index is 1.82. The van der Waals surface area contributed by atoms with E-state index in [-0.39, 0.29) is 0 Å². The smallest absolute Gasteiger partial charge is 0.419 e. The zero-order chi connectivity index (χ0) is 24.7. The van der Waals surface area contributed by atoms with E-state index in [9.17, 15) is 9.59 Å². The van der Waals surface area contributed by atoms with Crippen molar-refractivity contribution in [2.24, 2.45) is 0 Å². The lowest BCUT2D eigenvalue weighted by molar-refractivity contribution is 0.0531. The minimum atomic E-state index is -0.632. The van der Waals surface area contributed by atoms with Crippen LogP contribution in [-0.2, 0) is 9.47 Å². The Kier molecular flexibility index (Phi) is 5.86. The van der Waals surface area contributed by atoms with Crippen LogP contribution in [0.3, 0.4) is 0 Å². The molecule has 176 valence electrons. The number of hydrogen-bond acceptors (Lipinski definition) is 4. The second-order valence-corrected chi connectivity index (χ2v) is 10.2. The molecule has 2 aromatic carbocycles. The summed E-state index contributed by atoms with van der Waals surface area (Å²) in [4.78, 5) is 26.1. The van der Waals surface area contributed by atoms with Crippen LogP contribution in [0.4, 0.5) is 9.59 Å². The van der Waals surface area contributed by atoms with E-state index < -0.39 is 23.4 Å². The Morgan fingerprint density at radius 1 is 0.647 bits per heavy atom. The van der Waals surface area contributed by atoms with E-state index in [1.54, 1.807) is 9.13 Å². The molecule has 0 spiro atoms. The zero-order valence-electron chi connectivity index (χ0n) is 20.5. The summed E-state index contributed by atoms with van der Waals surface area (Å²) >= 11 is 0. The molecule has 4 rings (SSSR count). The first-order valence-corrected chi connectivity index (χ1v) is 11.3. The predicted octanol–water partition coefficient (Wildman–Crippen LogP) is 7.33. The van der Waals surface area contributed by atoms with Crippen LogP contribution in [0, 0.1) is 0 Å². The molecule has 0 fully saturated rings. The highest BCUT2D eigenvalue weighted by atomic mass is 16.6. The number of carbonyl (C=O) groups is 2. The molecule has 0 saturated heterocycles. The quantitative estimate of drug-likeness (QED) is 0.315. The predicted molar refractivity (Wildman–Crippen MR) is 136 cm³/mol. The van der Waals surface area contributed by atoms with Crippen molar-refractivity contribution >= 4 is 46.1 Å². The highest BCUT2D eigenvalue weighted by Crippen LogP contribution is 2.26. The maximum Gasteiger partial charge on any atom is 0.419 e. The third-order valence-corrected chi connectivity index (χ3v) is 5.06. The van der Waals surface area contributed by atoms with Gasteiger partial charge >= 0.3 is 12.2 Å². The zero-order valence-corrected chi connectivity index (χ0v) is 20.5. The summed E-state index contributed by atoms with van der Waals surface area (Å²) in [6.45, 7) is 11.0. The van der Waals surface area contributed by atoms with E-state index in [4.69, 9.17) is 9.47 Å². The SMILES string of the molecule is CC(C)(C)OC(=O)n1c(/C=C/c2cc3ccccc3n2C(=O)OC(C)(C)C)cc2ccccc21. The Morgan fingerprint density at radius 2 is 1.00 bits per heavy atom. The first kappa shape index (κ1) is 23.4. The van der Waals surface area contributed by atoms with Gasteiger partial charge in [0.1, 0.15) is 11.2 Å². The van der Waals surface area contributed by atoms with E-state index in [0.717, 1.165) is 21.8 Å². The summed E-state index contributed by atoms with van der Waals surface area (Å²) in [6, 6.07) is 19.1. The summed E-state index contributed by atoms with van der Waals surface area (Å²) in [5, 5.41) is 1.83. The van der Waals surface area contributed by atoms with Crippen molar-refractivity contribution in [2.75, 3.05) is 0 Å². The number of para-hydroxylation sites is 2. The van der Waals surface area contributed by atoms with Crippen molar-refractivity contribution < 1.29 is 19.1 Å². The van der Waals surface area contributed by atoms with Crippen LogP contribution in [0.25, 0.3) is 34.0 Å². The van der Waals surface area contributed by atoms with Crippen LogP contribution in [0.2, 0.25) is 0 Å². The van der Waals surface area contributed by atoms with Gasteiger partial charge in [0, 0.05) is 10.8 Å². The lowest BCUT2D eigenvalue weighted by Gasteiger charge is -2.21. The van der Waals surface area contributed by atoms with Crippen LogP contribution in [0.15, 0.2) is 60.7 Å². The molecule has 0 amide bonds. The average Bonchev–Trinajstić information content (AvgIpc) is 3.27. The fourth-order valence-corrected chi connectivity index (χ4v) is 3.79. The topological polar surface area (TPSA) is 62.5 Å². The molecule has 34 heavy (non-hydrogen) atoms. The monoisotopic (exact) mass is 458 g/mol. The molecule has 0 radical (unpaired) electrons. The van der Waals surface area contributed by atoms with E-state index >= 15 is 0 Å². The molecule has 2 heterocycles. The molecule has 0 atom stereocenters. The van der Waals surface area contributed by atoms with E-state index in [0.29, 0.717) is 11.4 Å². The molecule has 6 heteroatoms. The van der Waals surface area contributed by atoms with Gasteiger partial charge in [0.2, 0.25) is 0 Å². The second kappa shape index (κ2) is 8.52. The van der Waals surface area contributed by atoms with Crippen LogP contribution in [0.1, 0.15) is 52.9 Å². The molecule has 6 nitrogen and oxygen atoms in total. The first-order valence-electron chi connectivity index (χ1n) is 11.3. The number of fused-ring (bicyclic) bond motifs is 2. The fraction of sp³-hybridized carbons (Fsp3) is 0.286. The highest BCUT2D eigenvalue weighted by Gasteiger charge is 2.23. The molecule has 0 aliphatic carbocycles. The van der Waals surface area contributed by atoms with Crippen molar-refractivity contribution in [1.29, 1.82) is 0 Å². The molecular formula is C28H30N2O4. The molecule has 4 aromatic rings. The van der Waals surface area contributed by atoms with Gasteiger partial charge in [-0.25, -0.2) is 18.7 Å². The average molecular weight is 459 g/mol. The van der Waals surface area contributed by atoms with Crippen LogP contribution in [-0.4, -0.2) is 32.5 Å². The highest BCUT2D eigenvalue weighted by molar-refractivity contribution is 5.96. The standard InChI is InChI=1S/C28H30N2O4/c1-27(2,3)33-25(31)29-21(17-19-11-7-9-13-23(19)29)15-16-22-18-20-12-8-10-14-24(20)30(22)26(32)34-28(4,5)6/h7-18H,1-6H3/b16-15+. The van der Waals surface area contributed by atoms with Gasteiger partial charge in [-0.05, 0) is 78.0 Å². The van der Waals surface area contributed by atoms with Crippen molar-refractivity contribution in [2.45, 2.75) is 52.7 Å². The number of ether oxygens (including phenoxy) is 2. The van der Waals surface area contributed by atoms with Crippen LogP contribution < -0.4 is 0 Å². The molecule has 2 aromatic heterocycles. The minimum Gasteiger partial charge on any atom is -0.443 e. The molecule has 0 aliphatic heterocycles. The van der Waals surface area contributed by atoms with Crippen LogP contribution in [0.5, 0.6) is 0 Å². The van der Waals surface area contributed by atoms with E-state index in [1.165, 1.54) is 0 Å². The van der Waals surface area contributed by atoms with E-state index in [2.05, 4.69) is 0 Å². The van der Waals surface area contributed by atoms with Gasteiger partial charge in [-0.15, -0.1) is 0 Å². The van der Waals surface area contributed by atoms with Crippen LogP contribution >= 0.6 is 0 Å². The molecule has 0 N–H and O–H groups in total. The minimum absolute atomic E-state index is 0.457. The number of rotatable bonds is 2. The van der Waals surface area contributed by atoms with Crippen molar-refractivity contribution in [1.82, 2.24) is 9.13 Å². The normalized spacial score (nSPS) is 12.5. The summed E-state index contributed by atoms with van der Waals surface area (Å²) in [5.41, 5.74) is 1.54. The Bertz CT molecular complexity index is 1300. The lowest BCUT2D eigenvalue weighted by atomic mass is 10.2. The number of carbonyl (C=O) groups excluding carboxylic acids is 2. The molecule has 0 unspecified atom stereocenters. The summed E-state index contributed by atoms with van der Waals surface area (Å²) < 4.78 is 14.4. The number of hydrogen-bond donors (Lipinski definition) is 0. The third-order valence-electron chi connectivity index (χ3n) is 5.06. The maximum atomic E-state index is 13.1. The van der Waals surface area contributed by atoms with Crippen molar-refractivity contribution in [3.05, 3.63) is 72.1 Å². The number of nitrogens with zero attached hydrogens (tertiary/aromatic N) is 2. The Labute approximate surface area is 199 Å². The Morgan fingerprint density at radius 3 is 1.35 bits per heavy atom. The van der Waals surface area contributed by atoms with Crippen molar-refractivity contribution in [3.8, 4) is 0 Å². The number of aromatic nitrogens is 2. The van der Waals surface area contributed by atoms with Gasteiger partial charge in [0.25, 0.3) is 0 Å². The Hall–Kier alpha value is -3.80. The fourth-order valence-electron chi connectivity index (χ4n) is 3.79. The van der Waals surface area contributed by atoms with Gasteiger partial charge < -0.3 is 9.47 Å². The maximum absolute atomic E-state index is 13.1. The summed E-state index contributed by atoms with van der Waals surface area (Å²) in [5.74, 6) is 0. The summed E-state index contributed by atoms with van der Waals surface area (Å²) in [7, 11) is 0. The van der Waals surface area contributed by atoms with Gasteiger partial charge in [0.05, 0.1) is 22.4 Å². The molecule has 0 aliphatic rings. The lowest BCUT2D eigenvalue weighted by Crippen LogP contribution is -2.27. The van der Waals surface area contributed by atoms with Gasteiger partial charge in [-0.2, -0.15) is 0 Å². The number of benzene rings is 2. The second-order valence-electron chi connectivity index (χ2n) is 10.2. The third kappa shape index (κ3) is 4.91. The van der Waals surface area contributed by atoms with Gasteiger partial charge in [-0.1, -0.05) is 36.4 Å². The first-order chi connectivity index (χ1) is 15.9. The molecule has 0 saturated carbocycles.